The lowest BCUT2D eigenvalue weighted by molar-refractivity contribution is 0.463. The summed E-state index contributed by atoms with van der Waals surface area (Å²) in [6.45, 7) is 1.95. The highest BCUT2D eigenvalue weighted by atomic mass is 35.5. The smallest absolute Gasteiger partial charge is 0.132 e. The first-order valence-electron chi connectivity index (χ1n) is 6.00. The van der Waals surface area contributed by atoms with Gasteiger partial charge in [0.2, 0.25) is 0 Å². The molecule has 0 heterocycles. The molecule has 1 atom stereocenters. The Morgan fingerprint density at radius 1 is 1.15 bits per heavy atom. The normalized spacial score (nSPS) is 11.6. The van der Waals surface area contributed by atoms with Gasteiger partial charge in [0.25, 0.3) is 0 Å². The standard InChI is InChI=1S/C15H15ClFNO.ClH/c1-10(18-2)14-9-12(17)5-8-15(14)19-13-6-3-11(16)4-7-13;/h3-10,18H,1-2H3;1H. The van der Waals surface area contributed by atoms with Crippen LogP contribution in [0.3, 0.4) is 0 Å². The summed E-state index contributed by atoms with van der Waals surface area (Å²) < 4.78 is 19.1. The van der Waals surface area contributed by atoms with E-state index in [0.717, 1.165) is 5.56 Å². The molecule has 2 rings (SSSR count). The first-order chi connectivity index (χ1) is 9.10. The molecule has 0 amide bonds. The summed E-state index contributed by atoms with van der Waals surface area (Å²) in [5, 5.41) is 3.72. The third-order valence-corrected chi connectivity index (χ3v) is 3.16. The SMILES string of the molecule is CNC(C)c1cc(F)ccc1Oc1ccc(Cl)cc1.Cl. The molecule has 20 heavy (non-hydrogen) atoms. The van der Waals surface area contributed by atoms with Crippen molar-refractivity contribution in [1.82, 2.24) is 5.32 Å². The van der Waals surface area contributed by atoms with Gasteiger partial charge < -0.3 is 10.1 Å². The maximum atomic E-state index is 13.3. The van der Waals surface area contributed by atoms with Crippen molar-refractivity contribution in [3.63, 3.8) is 0 Å². The van der Waals surface area contributed by atoms with Gasteiger partial charge in [-0.15, -0.1) is 12.4 Å². The number of ether oxygens (including phenoxy) is 1. The van der Waals surface area contributed by atoms with Crippen LogP contribution in [0.25, 0.3) is 0 Å². The highest BCUT2D eigenvalue weighted by Crippen LogP contribution is 2.30. The maximum absolute atomic E-state index is 13.3. The van der Waals surface area contributed by atoms with E-state index >= 15 is 0 Å². The van der Waals surface area contributed by atoms with E-state index in [-0.39, 0.29) is 24.3 Å². The van der Waals surface area contributed by atoms with Gasteiger partial charge in [0, 0.05) is 16.6 Å². The minimum Gasteiger partial charge on any atom is -0.457 e. The molecule has 108 valence electrons. The van der Waals surface area contributed by atoms with Crippen molar-refractivity contribution >= 4 is 24.0 Å². The van der Waals surface area contributed by atoms with Gasteiger partial charge in [0.1, 0.15) is 17.3 Å². The van der Waals surface area contributed by atoms with Crippen LogP contribution in [0.15, 0.2) is 42.5 Å². The Balaban J connectivity index is 0.00000200. The van der Waals surface area contributed by atoms with E-state index in [0.29, 0.717) is 16.5 Å². The predicted octanol–water partition coefficient (Wildman–Crippen LogP) is 4.97. The molecule has 0 saturated carbocycles. The molecule has 2 aromatic carbocycles. The van der Waals surface area contributed by atoms with Crippen LogP contribution in [0.2, 0.25) is 5.02 Å². The summed E-state index contributed by atoms with van der Waals surface area (Å²) in [6, 6.07) is 11.6. The average molecular weight is 316 g/mol. The molecule has 5 heteroatoms. The monoisotopic (exact) mass is 315 g/mol. The maximum Gasteiger partial charge on any atom is 0.132 e. The van der Waals surface area contributed by atoms with Gasteiger partial charge >= 0.3 is 0 Å². The summed E-state index contributed by atoms with van der Waals surface area (Å²) in [7, 11) is 1.82. The van der Waals surface area contributed by atoms with Crippen molar-refractivity contribution in [3.05, 3.63) is 58.9 Å². The summed E-state index contributed by atoms with van der Waals surface area (Å²) >= 11 is 5.82. The Morgan fingerprint density at radius 3 is 2.40 bits per heavy atom. The molecule has 0 aliphatic rings. The van der Waals surface area contributed by atoms with Gasteiger partial charge in [-0.25, -0.2) is 4.39 Å². The van der Waals surface area contributed by atoms with Crippen LogP contribution < -0.4 is 10.1 Å². The zero-order valence-electron chi connectivity index (χ0n) is 11.2. The van der Waals surface area contributed by atoms with Gasteiger partial charge in [-0.2, -0.15) is 0 Å². The number of nitrogens with one attached hydrogen (secondary N) is 1. The summed E-state index contributed by atoms with van der Waals surface area (Å²) in [5.41, 5.74) is 0.775. The third-order valence-electron chi connectivity index (χ3n) is 2.91. The van der Waals surface area contributed by atoms with E-state index in [1.165, 1.54) is 12.1 Å². The van der Waals surface area contributed by atoms with Crippen molar-refractivity contribution in [2.45, 2.75) is 13.0 Å². The largest absolute Gasteiger partial charge is 0.457 e. The molecular formula is C15H16Cl2FNO. The summed E-state index contributed by atoms with van der Waals surface area (Å²) in [4.78, 5) is 0. The molecule has 0 fully saturated rings. The lowest BCUT2D eigenvalue weighted by Gasteiger charge is -2.16. The molecule has 0 saturated heterocycles. The van der Waals surface area contributed by atoms with Crippen molar-refractivity contribution < 1.29 is 9.13 Å². The van der Waals surface area contributed by atoms with Crippen LogP contribution in [0, 0.1) is 5.82 Å². The predicted molar refractivity (Wildman–Crippen MR) is 82.6 cm³/mol. The molecular weight excluding hydrogens is 300 g/mol. The molecule has 1 unspecified atom stereocenters. The minimum absolute atomic E-state index is 0. The lowest BCUT2D eigenvalue weighted by atomic mass is 10.1. The van der Waals surface area contributed by atoms with Crippen LogP contribution in [-0.4, -0.2) is 7.05 Å². The third kappa shape index (κ3) is 4.10. The molecule has 0 aliphatic carbocycles. The second-order valence-corrected chi connectivity index (χ2v) is 4.68. The molecule has 0 aromatic heterocycles. The van der Waals surface area contributed by atoms with E-state index in [9.17, 15) is 4.39 Å². The zero-order chi connectivity index (χ0) is 13.8. The fourth-order valence-electron chi connectivity index (χ4n) is 1.74. The molecule has 0 aliphatic heterocycles. The van der Waals surface area contributed by atoms with E-state index in [2.05, 4.69) is 5.32 Å². The minimum atomic E-state index is -0.277. The number of hydrogen-bond donors (Lipinski definition) is 1. The fraction of sp³-hybridized carbons (Fsp3) is 0.200. The van der Waals surface area contributed by atoms with Gasteiger partial charge in [-0.05, 0) is 56.4 Å². The first-order valence-corrected chi connectivity index (χ1v) is 6.38. The Hall–Kier alpha value is -1.29. The van der Waals surface area contributed by atoms with Crippen LogP contribution in [0.5, 0.6) is 11.5 Å². The Labute approximate surface area is 129 Å². The summed E-state index contributed by atoms with van der Waals surface area (Å²) in [6.07, 6.45) is 0. The topological polar surface area (TPSA) is 21.3 Å². The highest BCUT2D eigenvalue weighted by Gasteiger charge is 2.12. The fourth-order valence-corrected chi connectivity index (χ4v) is 1.86. The second kappa shape index (κ2) is 7.48. The van der Waals surface area contributed by atoms with E-state index in [4.69, 9.17) is 16.3 Å². The van der Waals surface area contributed by atoms with Gasteiger partial charge in [-0.3, -0.25) is 0 Å². The lowest BCUT2D eigenvalue weighted by Crippen LogP contribution is -2.13. The van der Waals surface area contributed by atoms with Crippen LogP contribution in [-0.2, 0) is 0 Å². The van der Waals surface area contributed by atoms with Crippen LogP contribution >= 0.6 is 24.0 Å². The van der Waals surface area contributed by atoms with Gasteiger partial charge in [0.05, 0.1) is 0 Å². The Bertz CT molecular complexity index is 560. The summed E-state index contributed by atoms with van der Waals surface area (Å²) in [5.74, 6) is 1.02. The number of benzene rings is 2. The molecule has 2 nitrogen and oxygen atoms in total. The number of halogens is 3. The molecule has 0 bridgehead atoms. The van der Waals surface area contributed by atoms with Crippen LogP contribution in [0.4, 0.5) is 4.39 Å². The van der Waals surface area contributed by atoms with Crippen molar-refractivity contribution in [2.24, 2.45) is 0 Å². The van der Waals surface area contributed by atoms with Crippen molar-refractivity contribution in [1.29, 1.82) is 0 Å². The molecule has 1 N–H and O–H groups in total. The van der Waals surface area contributed by atoms with E-state index in [1.54, 1.807) is 30.3 Å². The van der Waals surface area contributed by atoms with Crippen molar-refractivity contribution in [3.8, 4) is 11.5 Å². The van der Waals surface area contributed by atoms with Gasteiger partial charge in [0.15, 0.2) is 0 Å². The Kier molecular flexibility index (Phi) is 6.27. The van der Waals surface area contributed by atoms with Gasteiger partial charge in [-0.1, -0.05) is 11.6 Å². The quantitative estimate of drug-likeness (QED) is 0.859. The zero-order valence-corrected chi connectivity index (χ0v) is 12.8. The Morgan fingerprint density at radius 2 is 1.80 bits per heavy atom. The van der Waals surface area contributed by atoms with E-state index in [1.807, 2.05) is 14.0 Å². The highest BCUT2D eigenvalue weighted by molar-refractivity contribution is 6.30. The molecule has 0 spiro atoms. The molecule has 2 aromatic rings. The second-order valence-electron chi connectivity index (χ2n) is 4.25. The average Bonchev–Trinajstić information content (AvgIpc) is 2.42. The van der Waals surface area contributed by atoms with Crippen molar-refractivity contribution in [2.75, 3.05) is 7.05 Å². The van der Waals surface area contributed by atoms with E-state index < -0.39 is 0 Å². The number of hydrogen-bond acceptors (Lipinski definition) is 2. The van der Waals surface area contributed by atoms with Crippen LogP contribution in [0.1, 0.15) is 18.5 Å². The first kappa shape index (κ1) is 16.8. The number of rotatable bonds is 4. The molecule has 0 radical (unpaired) electrons.